The van der Waals surface area contributed by atoms with E-state index in [1.807, 2.05) is 0 Å². The van der Waals surface area contributed by atoms with Crippen molar-refractivity contribution >= 4 is 36.4 Å². The molecule has 0 aromatic heterocycles. The SMILES string of the molecule is Cl.Cl.Oc1ccc(Cl)cc1[C@H](N1CCNCC1)C(F)(F)F. The first-order valence-corrected chi connectivity index (χ1v) is 6.27. The number of alkyl halides is 3. The van der Waals surface area contributed by atoms with Gasteiger partial charge in [-0.2, -0.15) is 13.2 Å². The standard InChI is InChI=1S/C12H14ClF3N2O.2ClH/c13-8-1-2-10(19)9(7-8)11(12(14,15)16)18-5-3-17-4-6-18;;/h1-2,7,11,17,19H,3-6H2;2*1H/t11-;;/m0../s1. The average molecular weight is 368 g/mol. The van der Waals surface area contributed by atoms with Crippen LogP contribution in [0.4, 0.5) is 13.2 Å². The van der Waals surface area contributed by atoms with Gasteiger partial charge < -0.3 is 10.4 Å². The van der Waals surface area contributed by atoms with E-state index in [0.29, 0.717) is 13.1 Å². The van der Waals surface area contributed by atoms with Crippen LogP contribution in [0.15, 0.2) is 18.2 Å². The Balaban J connectivity index is 0.00000200. The summed E-state index contributed by atoms with van der Waals surface area (Å²) < 4.78 is 39.9. The summed E-state index contributed by atoms with van der Waals surface area (Å²) in [6, 6.07) is 1.91. The van der Waals surface area contributed by atoms with E-state index in [4.69, 9.17) is 11.6 Å². The molecule has 0 bridgehead atoms. The Bertz CT molecular complexity index is 454. The minimum atomic E-state index is -4.46. The van der Waals surface area contributed by atoms with Crippen molar-refractivity contribution in [3.63, 3.8) is 0 Å². The van der Waals surface area contributed by atoms with Crippen LogP contribution in [0.25, 0.3) is 0 Å². The van der Waals surface area contributed by atoms with Gasteiger partial charge in [0.2, 0.25) is 0 Å². The van der Waals surface area contributed by atoms with Crippen molar-refractivity contribution in [2.24, 2.45) is 0 Å². The second-order valence-corrected chi connectivity index (χ2v) is 4.87. The van der Waals surface area contributed by atoms with Crippen molar-refractivity contribution in [3.8, 4) is 5.75 Å². The Hall–Kier alpha value is -0.400. The third-order valence-electron chi connectivity index (χ3n) is 3.11. The average Bonchev–Trinajstić information content (AvgIpc) is 2.33. The van der Waals surface area contributed by atoms with Gasteiger partial charge in [0.25, 0.3) is 0 Å². The summed E-state index contributed by atoms with van der Waals surface area (Å²) in [5.74, 6) is -0.384. The Kier molecular flexibility index (Phi) is 8.13. The van der Waals surface area contributed by atoms with Crippen molar-refractivity contribution < 1.29 is 18.3 Å². The number of aromatic hydroxyl groups is 1. The van der Waals surface area contributed by atoms with E-state index in [2.05, 4.69) is 5.32 Å². The first-order valence-electron chi connectivity index (χ1n) is 5.89. The fourth-order valence-corrected chi connectivity index (χ4v) is 2.45. The molecule has 0 saturated carbocycles. The molecule has 2 N–H and O–H groups in total. The largest absolute Gasteiger partial charge is 0.508 e. The minimum absolute atomic E-state index is 0. The molecule has 1 aromatic rings. The minimum Gasteiger partial charge on any atom is -0.508 e. The molecule has 0 spiro atoms. The molecule has 0 radical (unpaired) electrons. The summed E-state index contributed by atoms with van der Waals surface area (Å²) in [4.78, 5) is 1.31. The molecule has 1 aromatic carbocycles. The summed E-state index contributed by atoms with van der Waals surface area (Å²) in [5.41, 5.74) is -0.193. The van der Waals surface area contributed by atoms with E-state index >= 15 is 0 Å². The molecule has 2 rings (SSSR count). The molecule has 1 fully saturated rings. The number of halogens is 6. The molecule has 0 amide bonds. The third-order valence-corrected chi connectivity index (χ3v) is 3.35. The lowest BCUT2D eigenvalue weighted by Gasteiger charge is -2.36. The maximum absolute atomic E-state index is 13.3. The number of nitrogens with zero attached hydrogens (tertiary/aromatic N) is 1. The highest BCUT2D eigenvalue weighted by Gasteiger charge is 2.46. The van der Waals surface area contributed by atoms with E-state index in [-0.39, 0.29) is 54.2 Å². The first kappa shape index (κ1) is 20.6. The number of benzene rings is 1. The van der Waals surface area contributed by atoms with Gasteiger partial charge in [-0.15, -0.1) is 24.8 Å². The summed E-state index contributed by atoms with van der Waals surface area (Å²) in [5, 5.41) is 12.9. The summed E-state index contributed by atoms with van der Waals surface area (Å²) >= 11 is 5.74. The van der Waals surface area contributed by atoms with Crippen LogP contribution < -0.4 is 5.32 Å². The molecular weight excluding hydrogens is 351 g/mol. The van der Waals surface area contributed by atoms with Crippen molar-refractivity contribution in [2.75, 3.05) is 26.2 Å². The Morgan fingerprint density at radius 1 is 1.19 bits per heavy atom. The second kappa shape index (κ2) is 8.29. The zero-order valence-corrected chi connectivity index (χ0v) is 13.2. The maximum Gasteiger partial charge on any atom is 0.408 e. The predicted octanol–water partition coefficient (Wildman–Crippen LogP) is 3.40. The lowest BCUT2D eigenvalue weighted by Crippen LogP contribution is -2.49. The number of hydrogen-bond acceptors (Lipinski definition) is 3. The van der Waals surface area contributed by atoms with Gasteiger partial charge in [0, 0.05) is 36.8 Å². The van der Waals surface area contributed by atoms with Crippen LogP contribution in [0.2, 0.25) is 5.02 Å². The Labute approximate surface area is 138 Å². The molecule has 1 aliphatic heterocycles. The van der Waals surface area contributed by atoms with Crippen LogP contribution >= 0.6 is 36.4 Å². The molecule has 122 valence electrons. The lowest BCUT2D eigenvalue weighted by molar-refractivity contribution is -0.188. The molecule has 1 saturated heterocycles. The van der Waals surface area contributed by atoms with Crippen molar-refractivity contribution in [3.05, 3.63) is 28.8 Å². The quantitative estimate of drug-likeness (QED) is 0.841. The van der Waals surface area contributed by atoms with Gasteiger partial charge in [-0.25, -0.2) is 0 Å². The van der Waals surface area contributed by atoms with Gasteiger partial charge in [-0.3, -0.25) is 4.90 Å². The highest BCUT2D eigenvalue weighted by atomic mass is 35.5. The molecule has 21 heavy (non-hydrogen) atoms. The molecular formula is C12H16Cl3F3N2O. The third kappa shape index (κ3) is 5.07. The van der Waals surface area contributed by atoms with Gasteiger partial charge in [0.1, 0.15) is 11.8 Å². The number of nitrogens with one attached hydrogen (secondary N) is 1. The second-order valence-electron chi connectivity index (χ2n) is 4.43. The first-order chi connectivity index (χ1) is 8.89. The Morgan fingerprint density at radius 2 is 1.76 bits per heavy atom. The van der Waals surface area contributed by atoms with Gasteiger partial charge in [-0.1, -0.05) is 11.6 Å². The fraction of sp³-hybridized carbons (Fsp3) is 0.500. The van der Waals surface area contributed by atoms with Crippen molar-refractivity contribution in [1.82, 2.24) is 10.2 Å². The highest BCUT2D eigenvalue weighted by molar-refractivity contribution is 6.30. The summed E-state index contributed by atoms with van der Waals surface area (Å²) in [7, 11) is 0. The van der Waals surface area contributed by atoms with Gasteiger partial charge in [0.15, 0.2) is 0 Å². The van der Waals surface area contributed by atoms with E-state index in [1.165, 1.54) is 23.1 Å². The van der Waals surface area contributed by atoms with E-state index in [1.54, 1.807) is 0 Å². The van der Waals surface area contributed by atoms with Gasteiger partial charge in [-0.05, 0) is 18.2 Å². The molecule has 1 aliphatic rings. The van der Waals surface area contributed by atoms with Crippen LogP contribution in [0.1, 0.15) is 11.6 Å². The van der Waals surface area contributed by atoms with Gasteiger partial charge >= 0.3 is 6.18 Å². The van der Waals surface area contributed by atoms with Crippen LogP contribution in [-0.2, 0) is 0 Å². The molecule has 0 aliphatic carbocycles. The number of hydrogen-bond donors (Lipinski definition) is 2. The van der Waals surface area contributed by atoms with E-state index in [0.717, 1.165) is 0 Å². The number of rotatable bonds is 2. The smallest absolute Gasteiger partial charge is 0.408 e. The molecule has 0 unspecified atom stereocenters. The molecule has 1 heterocycles. The summed E-state index contributed by atoms with van der Waals surface area (Å²) in [6.07, 6.45) is -4.46. The van der Waals surface area contributed by atoms with E-state index < -0.39 is 12.2 Å². The zero-order chi connectivity index (χ0) is 14.0. The molecule has 1 atom stereocenters. The predicted molar refractivity (Wildman–Crippen MR) is 80.9 cm³/mol. The number of phenols is 1. The van der Waals surface area contributed by atoms with Crippen LogP contribution in [-0.4, -0.2) is 42.4 Å². The van der Waals surface area contributed by atoms with Crippen molar-refractivity contribution in [1.29, 1.82) is 0 Å². The van der Waals surface area contributed by atoms with E-state index in [9.17, 15) is 18.3 Å². The van der Waals surface area contributed by atoms with Crippen LogP contribution in [0.3, 0.4) is 0 Å². The van der Waals surface area contributed by atoms with Crippen LogP contribution in [0.5, 0.6) is 5.75 Å². The lowest BCUT2D eigenvalue weighted by atomic mass is 10.0. The fourth-order valence-electron chi connectivity index (χ4n) is 2.26. The van der Waals surface area contributed by atoms with Gasteiger partial charge in [0.05, 0.1) is 0 Å². The number of phenolic OH excluding ortho intramolecular Hbond substituents is 1. The Morgan fingerprint density at radius 3 is 2.29 bits per heavy atom. The topological polar surface area (TPSA) is 35.5 Å². The maximum atomic E-state index is 13.3. The molecule has 9 heteroatoms. The highest BCUT2D eigenvalue weighted by Crippen LogP contribution is 2.42. The zero-order valence-electron chi connectivity index (χ0n) is 10.9. The molecule has 3 nitrogen and oxygen atoms in total. The van der Waals surface area contributed by atoms with Crippen LogP contribution in [0, 0.1) is 0 Å². The number of piperazine rings is 1. The summed E-state index contributed by atoms with van der Waals surface area (Å²) in [6.45, 7) is 1.54. The normalized spacial score (nSPS) is 17.5. The monoisotopic (exact) mass is 366 g/mol. The van der Waals surface area contributed by atoms with Crippen molar-refractivity contribution in [2.45, 2.75) is 12.2 Å².